The van der Waals surface area contributed by atoms with E-state index in [4.69, 9.17) is 9.15 Å². The average molecular weight is 301 g/mol. The summed E-state index contributed by atoms with van der Waals surface area (Å²) in [4.78, 5) is 12.1. The van der Waals surface area contributed by atoms with Crippen molar-refractivity contribution in [2.75, 3.05) is 12.4 Å². The number of amides is 1. The molecule has 1 heterocycles. The van der Waals surface area contributed by atoms with Crippen LogP contribution in [0.25, 0.3) is 0 Å². The summed E-state index contributed by atoms with van der Waals surface area (Å²) in [6.07, 6.45) is 5.81. The van der Waals surface area contributed by atoms with E-state index in [0.29, 0.717) is 23.1 Å². The van der Waals surface area contributed by atoms with Crippen LogP contribution in [0.2, 0.25) is 0 Å². The number of carbonyl (C=O) groups excluding carboxylic acids is 1. The molecule has 0 atom stereocenters. The van der Waals surface area contributed by atoms with Crippen molar-refractivity contribution in [2.24, 2.45) is 0 Å². The third-order valence-electron chi connectivity index (χ3n) is 3.97. The highest BCUT2D eigenvalue weighted by molar-refractivity contribution is 6.03. The van der Waals surface area contributed by atoms with E-state index in [0.717, 1.165) is 12.8 Å². The molecule has 22 heavy (non-hydrogen) atoms. The van der Waals surface area contributed by atoms with Crippen molar-refractivity contribution in [1.82, 2.24) is 10.2 Å². The van der Waals surface area contributed by atoms with Gasteiger partial charge >= 0.3 is 6.01 Å². The number of carbonyl (C=O) groups is 1. The minimum Gasteiger partial charge on any atom is -0.497 e. The van der Waals surface area contributed by atoms with Crippen LogP contribution in [0.1, 0.15) is 54.3 Å². The summed E-state index contributed by atoms with van der Waals surface area (Å²) >= 11 is 0. The van der Waals surface area contributed by atoms with Crippen LogP contribution in [-0.2, 0) is 0 Å². The van der Waals surface area contributed by atoms with Crippen molar-refractivity contribution in [2.45, 2.75) is 38.0 Å². The van der Waals surface area contributed by atoms with Gasteiger partial charge in [0, 0.05) is 11.5 Å². The molecule has 6 nitrogen and oxygen atoms in total. The van der Waals surface area contributed by atoms with Gasteiger partial charge < -0.3 is 9.15 Å². The molecule has 2 aromatic rings. The number of rotatable bonds is 4. The highest BCUT2D eigenvalue weighted by Gasteiger charge is 2.21. The first kappa shape index (κ1) is 14.6. The van der Waals surface area contributed by atoms with Crippen LogP contribution in [0.15, 0.2) is 28.7 Å². The Morgan fingerprint density at radius 1 is 1.18 bits per heavy atom. The van der Waals surface area contributed by atoms with E-state index in [1.165, 1.54) is 19.3 Å². The summed E-state index contributed by atoms with van der Waals surface area (Å²) in [5, 5.41) is 10.6. The van der Waals surface area contributed by atoms with E-state index in [1.54, 1.807) is 31.4 Å². The second-order valence-corrected chi connectivity index (χ2v) is 5.46. The van der Waals surface area contributed by atoms with Crippen LogP contribution in [0, 0.1) is 0 Å². The molecule has 1 amide bonds. The lowest BCUT2D eigenvalue weighted by molar-refractivity contribution is 0.102. The lowest BCUT2D eigenvalue weighted by atomic mass is 9.89. The Morgan fingerprint density at radius 2 is 1.91 bits per heavy atom. The summed E-state index contributed by atoms with van der Waals surface area (Å²) in [6, 6.07) is 6.99. The van der Waals surface area contributed by atoms with E-state index >= 15 is 0 Å². The molecule has 1 N–H and O–H groups in total. The van der Waals surface area contributed by atoms with E-state index in [1.807, 2.05) is 0 Å². The lowest BCUT2D eigenvalue weighted by Gasteiger charge is -2.17. The monoisotopic (exact) mass is 301 g/mol. The molecule has 1 aliphatic rings. The first-order chi connectivity index (χ1) is 10.8. The summed E-state index contributed by atoms with van der Waals surface area (Å²) < 4.78 is 10.6. The molecule has 0 spiro atoms. The molecule has 3 rings (SSSR count). The molecule has 1 aliphatic carbocycles. The molecule has 1 aromatic heterocycles. The number of nitrogens with one attached hydrogen (secondary N) is 1. The number of ether oxygens (including phenoxy) is 1. The maximum Gasteiger partial charge on any atom is 0.322 e. The fourth-order valence-electron chi connectivity index (χ4n) is 2.71. The van der Waals surface area contributed by atoms with E-state index in [2.05, 4.69) is 15.5 Å². The Bertz CT molecular complexity index is 630. The Balaban J connectivity index is 1.64. The molecule has 0 aliphatic heterocycles. The quantitative estimate of drug-likeness (QED) is 0.936. The summed E-state index contributed by atoms with van der Waals surface area (Å²) in [5.41, 5.74) is 0.512. The van der Waals surface area contributed by atoms with Gasteiger partial charge in [-0.1, -0.05) is 24.4 Å². The Morgan fingerprint density at radius 3 is 2.59 bits per heavy atom. The SMILES string of the molecule is COc1ccc(C(=O)Nc2nnc(C3CCCCC3)o2)cc1. The fraction of sp³-hybridized carbons (Fsp3) is 0.438. The topological polar surface area (TPSA) is 77.2 Å². The third-order valence-corrected chi connectivity index (χ3v) is 3.97. The molecule has 1 saturated carbocycles. The third kappa shape index (κ3) is 3.27. The fourth-order valence-corrected chi connectivity index (χ4v) is 2.71. The predicted molar refractivity (Wildman–Crippen MR) is 81.1 cm³/mol. The number of nitrogens with zero attached hydrogens (tertiary/aromatic N) is 2. The zero-order chi connectivity index (χ0) is 15.4. The first-order valence-corrected chi connectivity index (χ1v) is 7.55. The van der Waals surface area contributed by atoms with E-state index in [-0.39, 0.29) is 11.9 Å². The highest BCUT2D eigenvalue weighted by atomic mass is 16.5. The van der Waals surface area contributed by atoms with Crippen molar-refractivity contribution < 1.29 is 13.9 Å². The van der Waals surface area contributed by atoms with Gasteiger partial charge in [0.2, 0.25) is 5.89 Å². The van der Waals surface area contributed by atoms with Gasteiger partial charge in [0.05, 0.1) is 7.11 Å². The van der Waals surface area contributed by atoms with Gasteiger partial charge in [-0.05, 0) is 37.1 Å². The normalized spacial score (nSPS) is 15.5. The first-order valence-electron chi connectivity index (χ1n) is 7.55. The van der Waals surface area contributed by atoms with E-state index in [9.17, 15) is 4.79 Å². The minimum atomic E-state index is -0.276. The smallest absolute Gasteiger partial charge is 0.322 e. The van der Waals surface area contributed by atoms with Crippen LogP contribution < -0.4 is 10.1 Å². The Hall–Kier alpha value is -2.37. The van der Waals surface area contributed by atoms with Crippen LogP contribution in [-0.4, -0.2) is 23.2 Å². The molecule has 6 heteroatoms. The van der Waals surface area contributed by atoms with E-state index < -0.39 is 0 Å². The average Bonchev–Trinajstić information content (AvgIpc) is 3.04. The van der Waals surface area contributed by atoms with Gasteiger partial charge in [0.15, 0.2) is 0 Å². The molecular formula is C16H19N3O3. The number of hydrogen-bond donors (Lipinski definition) is 1. The molecule has 0 bridgehead atoms. The van der Waals surface area contributed by atoms with Crippen molar-refractivity contribution in [3.8, 4) is 5.75 Å². The summed E-state index contributed by atoms with van der Waals surface area (Å²) in [6.45, 7) is 0. The number of aromatic nitrogens is 2. The molecular weight excluding hydrogens is 282 g/mol. The zero-order valence-corrected chi connectivity index (χ0v) is 12.5. The van der Waals surface area contributed by atoms with Crippen LogP contribution >= 0.6 is 0 Å². The van der Waals surface area contributed by atoms with Crippen molar-refractivity contribution >= 4 is 11.9 Å². The Labute approximate surface area is 128 Å². The highest BCUT2D eigenvalue weighted by Crippen LogP contribution is 2.32. The van der Waals surface area contributed by atoms with Gasteiger partial charge in [-0.25, -0.2) is 0 Å². The maximum absolute atomic E-state index is 12.1. The summed E-state index contributed by atoms with van der Waals surface area (Å²) in [7, 11) is 1.58. The molecule has 1 aromatic carbocycles. The largest absolute Gasteiger partial charge is 0.497 e. The standard InChI is InChI=1S/C16H19N3O3/c1-21-13-9-7-11(8-10-13)14(20)17-16-19-18-15(22-16)12-5-3-2-4-6-12/h7-10,12H,2-6H2,1H3,(H,17,19,20). The summed E-state index contributed by atoms with van der Waals surface area (Å²) in [5.74, 6) is 1.38. The number of anilines is 1. The number of hydrogen-bond acceptors (Lipinski definition) is 5. The Kier molecular flexibility index (Phi) is 4.37. The van der Waals surface area contributed by atoms with Crippen LogP contribution in [0.5, 0.6) is 5.75 Å². The van der Waals surface area contributed by atoms with Gasteiger partial charge in [-0.3, -0.25) is 10.1 Å². The van der Waals surface area contributed by atoms with Crippen molar-refractivity contribution in [3.05, 3.63) is 35.7 Å². The van der Waals surface area contributed by atoms with Crippen molar-refractivity contribution in [1.29, 1.82) is 0 Å². The van der Waals surface area contributed by atoms with Gasteiger partial charge in [-0.15, -0.1) is 5.10 Å². The predicted octanol–water partition coefficient (Wildman–Crippen LogP) is 3.38. The van der Waals surface area contributed by atoms with Gasteiger partial charge in [0.1, 0.15) is 5.75 Å². The van der Waals surface area contributed by atoms with Crippen molar-refractivity contribution in [3.63, 3.8) is 0 Å². The number of benzene rings is 1. The van der Waals surface area contributed by atoms with Crippen LogP contribution in [0.3, 0.4) is 0 Å². The zero-order valence-electron chi connectivity index (χ0n) is 12.5. The van der Waals surface area contributed by atoms with Crippen LogP contribution in [0.4, 0.5) is 6.01 Å². The van der Waals surface area contributed by atoms with Gasteiger partial charge in [0.25, 0.3) is 5.91 Å². The number of methoxy groups -OCH3 is 1. The van der Waals surface area contributed by atoms with Gasteiger partial charge in [-0.2, -0.15) is 0 Å². The lowest BCUT2D eigenvalue weighted by Crippen LogP contribution is -2.12. The molecule has 116 valence electrons. The maximum atomic E-state index is 12.1. The molecule has 0 radical (unpaired) electrons. The second kappa shape index (κ2) is 6.60. The molecule has 1 fully saturated rings. The minimum absolute atomic E-state index is 0.154. The second-order valence-electron chi connectivity index (χ2n) is 5.46. The molecule has 0 saturated heterocycles. The molecule has 0 unspecified atom stereocenters.